The predicted molar refractivity (Wildman–Crippen MR) is 111 cm³/mol. The van der Waals surface area contributed by atoms with Crippen LogP contribution in [0.3, 0.4) is 0 Å². The molecule has 0 fully saturated rings. The van der Waals surface area contributed by atoms with Crippen LogP contribution in [0.2, 0.25) is 0 Å². The number of hydrogen-bond acceptors (Lipinski definition) is 5. The van der Waals surface area contributed by atoms with Crippen molar-refractivity contribution in [2.75, 3.05) is 0 Å². The summed E-state index contributed by atoms with van der Waals surface area (Å²) in [5.41, 5.74) is 5.49. The highest BCUT2D eigenvalue weighted by Gasteiger charge is 2.12. The number of thiophene rings is 1. The Bertz CT molecular complexity index is 1250. The van der Waals surface area contributed by atoms with Gasteiger partial charge in [-0.3, -0.25) is 4.79 Å². The highest BCUT2D eigenvalue weighted by Crippen LogP contribution is 2.23. The van der Waals surface area contributed by atoms with Gasteiger partial charge in [0.1, 0.15) is 5.69 Å². The molecular formula is C20H17N5O2S. The Hall–Kier alpha value is -3.52. The number of aromatic amines is 1. The second-order valence-corrected chi connectivity index (χ2v) is 7.18. The van der Waals surface area contributed by atoms with Gasteiger partial charge in [0.25, 0.3) is 5.91 Å². The molecule has 2 N–H and O–H groups in total. The standard InChI is InChI=1S/C20H17N5O2S/c1-12-14(13-6-3-4-7-17(13)25(12)2)11-21-24-19(26)16-10-15(22-20(27)23-16)18-8-5-9-28-18/h3-11H,1-2H3,(H,24,26)(H,22,23,27)/b21-11+. The van der Waals surface area contributed by atoms with Crippen LogP contribution in [0, 0.1) is 6.92 Å². The topological polar surface area (TPSA) is 92.1 Å². The van der Waals surface area contributed by atoms with Crippen LogP contribution in [0.5, 0.6) is 0 Å². The van der Waals surface area contributed by atoms with Crippen molar-refractivity contribution in [2.24, 2.45) is 12.1 Å². The number of fused-ring (bicyclic) bond motifs is 1. The number of hydrazone groups is 1. The van der Waals surface area contributed by atoms with E-state index in [1.807, 2.05) is 55.7 Å². The van der Waals surface area contributed by atoms with E-state index in [2.05, 4.69) is 25.1 Å². The van der Waals surface area contributed by atoms with Crippen LogP contribution in [-0.4, -0.2) is 26.7 Å². The lowest BCUT2D eigenvalue weighted by molar-refractivity contribution is 0.0949. The summed E-state index contributed by atoms with van der Waals surface area (Å²) in [7, 11) is 1.99. The quantitative estimate of drug-likeness (QED) is 0.414. The molecule has 7 nitrogen and oxygen atoms in total. The maximum atomic E-state index is 12.4. The molecule has 0 atom stereocenters. The lowest BCUT2D eigenvalue weighted by atomic mass is 10.1. The number of amides is 1. The van der Waals surface area contributed by atoms with Crippen LogP contribution in [-0.2, 0) is 7.05 Å². The summed E-state index contributed by atoms with van der Waals surface area (Å²) in [6.07, 6.45) is 1.61. The number of aryl methyl sites for hydroxylation is 1. The van der Waals surface area contributed by atoms with E-state index in [-0.39, 0.29) is 5.69 Å². The molecule has 0 saturated heterocycles. The number of rotatable bonds is 4. The average Bonchev–Trinajstić information content (AvgIpc) is 3.31. The molecule has 0 bridgehead atoms. The van der Waals surface area contributed by atoms with Crippen LogP contribution in [0.1, 0.15) is 21.7 Å². The Morgan fingerprint density at radius 3 is 2.89 bits per heavy atom. The lowest BCUT2D eigenvalue weighted by Gasteiger charge is -2.02. The van der Waals surface area contributed by atoms with Gasteiger partial charge in [0, 0.05) is 29.2 Å². The van der Waals surface area contributed by atoms with Crippen molar-refractivity contribution in [1.29, 1.82) is 0 Å². The molecule has 4 aromatic rings. The molecule has 1 amide bonds. The molecule has 0 unspecified atom stereocenters. The van der Waals surface area contributed by atoms with E-state index in [0.29, 0.717) is 5.69 Å². The van der Waals surface area contributed by atoms with E-state index in [1.165, 1.54) is 11.3 Å². The SMILES string of the molecule is Cc1c(/C=N/NC(=O)c2cc(-c3cccs3)[nH]c(=O)n2)c2ccccc2n1C. The molecule has 28 heavy (non-hydrogen) atoms. The fourth-order valence-electron chi connectivity index (χ4n) is 3.06. The second-order valence-electron chi connectivity index (χ2n) is 6.24. The van der Waals surface area contributed by atoms with Crippen LogP contribution in [0.15, 0.2) is 57.7 Å². The molecule has 0 aliphatic heterocycles. The first-order valence-corrected chi connectivity index (χ1v) is 9.45. The van der Waals surface area contributed by atoms with Crippen molar-refractivity contribution < 1.29 is 4.79 Å². The van der Waals surface area contributed by atoms with Crippen molar-refractivity contribution in [3.63, 3.8) is 0 Å². The first-order valence-electron chi connectivity index (χ1n) is 8.57. The third-order valence-electron chi connectivity index (χ3n) is 4.57. The fourth-order valence-corrected chi connectivity index (χ4v) is 3.76. The Balaban J connectivity index is 1.59. The van der Waals surface area contributed by atoms with E-state index < -0.39 is 11.6 Å². The van der Waals surface area contributed by atoms with Crippen molar-refractivity contribution >= 4 is 34.4 Å². The summed E-state index contributed by atoms with van der Waals surface area (Å²) in [6.45, 7) is 1.99. The molecule has 0 aliphatic rings. The molecule has 0 saturated carbocycles. The first-order chi connectivity index (χ1) is 13.5. The van der Waals surface area contributed by atoms with Crippen molar-refractivity contribution in [1.82, 2.24) is 20.0 Å². The largest absolute Gasteiger partial charge is 0.347 e. The minimum Gasteiger partial charge on any atom is -0.347 e. The minimum atomic E-state index is -0.579. The number of benzene rings is 1. The summed E-state index contributed by atoms with van der Waals surface area (Å²) < 4.78 is 2.07. The van der Waals surface area contributed by atoms with E-state index >= 15 is 0 Å². The van der Waals surface area contributed by atoms with Crippen molar-refractivity contribution in [2.45, 2.75) is 6.92 Å². The van der Waals surface area contributed by atoms with Crippen molar-refractivity contribution in [3.05, 3.63) is 75.3 Å². The summed E-state index contributed by atoms with van der Waals surface area (Å²) in [6, 6.07) is 13.3. The van der Waals surface area contributed by atoms with Crippen molar-refractivity contribution in [3.8, 4) is 10.6 Å². The van der Waals surface area contributed by atoms with Gasteiger partial charge >= 0.3 is 5.69 Å². The summed E-state index contributed by atoms with van der Waals surface area (Å²) in [5, 5.41) is 7.02. The van der Waals surface area contributed by atoms with Gasteiger partial charge in [-0.05, 0) is 30.5 Å². The maximum absolute atomic E-state index is 12.4. The monoisotopic (exact) mass is 391 g/mol. The molecule has 3 heterocycles. The average molecular weight is 391 g/mol. The molecule has 140 valence electrons. The van der Waals surface area contributed by atoms with Gasteiger partial charge in [0.15, 0.2) is 0 Å². The molecular weight excluding hydrogens is 374 g/mol. The third kappa shape index (κ3) is 3.25. The molecule has 3 aromatic heterocycles. The Morgan fingerprint density at radius 2 is 2.11 bits per heavy atom. The molecule has 1 aromatic carbocycles. The number of carbonyl (C=O) groups is 1. The van der Waals surface area contributed by atoms with Crippen LogP contribution < -0.4 is 11.1 Å². The van der Waals surface area contributed by atoms with Gasteiger partial charge < -0.3 is 9.55 Å². The molecule has 0 spiro atoms. The number of nitrogens with zero attached hydrogens (tertiary/aromatic N) is 3. The number of H-pyrrole nitrogens is 1. The van der Waals surface area contributed by atoms with E-state index in [1.54, 1.807) is 12.3 Å². The predicted octanol–water partition coefficient (Wildman–Crippen LogP) is 3.06. The Labute approximate surface area is 164 Å². The number of hydrogen-bond donors (Lipinski definition) is 2. The minimum absolute atomic E-state index is 0.0129. The van der Waals surface area contributed by atoms with Crippen LogP contribution >= 0.6 is 11.3 Å². The second kappa shape index (κ2) is 7.24. The summed E-state index contributed by atoms with van der Waals surface area (Å²) in [5.74, 6) is -0.543. The zero-order valence-corrected chi connectivity index (χ0v) is 16.1. The van der Waals surface area contributed by atoms with Crippen LogP contribution in [0.25, 0.3) is 21.5 Å². The van der Waals surface area contributed by atoms with Gasteiger partial charge in [-0.25, -0.2) is 10.2 Å². The maximum Gasteiger partial charge on any atom is 0.346 e. The van der Waals surface area contributed by atoms with Crippen LogP contribution in [0.4, 0.5) is 0 Å². The normalized spacial score (nSPS) is 11.4. The molecule has 0 aliphatic carbocycles. The van der Waals surface area contributed by atoms with E-state index in [0.717, 1.165) is 27.0 Å². The van der Waals surface area contributed by atoms with E-state index in [4.69, 9.17) is 0 Å². The fraction of sp³-hybridized carbons (Fsp3) is 0.100. The zero-order chi connectivity index (χ0) is 19.7. The van der Waals surface area contributed by atoms with Gasteiger partial charge in [-0.15, -0.1) is 11.3 Å². The number of para-hydroxylation sites is 1. The number of carbonyl (C=O) groups excluding carboxylic acids is 1. The lowest BCUT2D eigenvalue weighted by Crippen LogP contribution is -2.24. The first kappa shape index (κ1) is 17.9. The Morgan fingerprint density at radius 1 is 1.29 bits per heavy atom. The zero-order valence-electron chi connectivity index (χ0n) is 15.3. The Kier molecular flexibility index (Phi) is 4.62. The van der Waals surface area contributed by atoms with Gasteiger partial charge in [0.05, 0.1) is 16.8 Å². The van der Waals surface area contributed by atoms with Gasteiger partial charge in [-0.2, -0.15) is 10.1 Å². The molecule has 4 rings (SSSR count). The molecule has 8 heteroatoms. The highest BCUT2D eigenvalue weighted by atomic mass is 32.1. The van der Waals surface area contributed by atoms with Gasteiger partial charge in [-0.1, -0.05) is 24.3 Å². The van der Waals surface area contributed by atoms with Gasteiger partial charge in [0.2, 0.25) is 0 Å². The third-order valence-corrected chi connectivity index (χ3v) is 5.48. The highest BCUT2D eigenvalue weighted by molar-refractivity contribution is 7.13. The summed E-state index contributed by atoms with van der Waals surface area (Å²) in [4.78, 5) is 31.5. The smallest absolute Gasteiger partial charge is 0.346 e. The van der Waals surface area contributed by atoms with E-state index in [9.17, 15) is 9.59 Å². The number of nitrogens with one attached hydrogen (secondary N) is 2. The molecule has 0 radical (unpaired) electrons. The number of aromatic nitrogens is 3. The summed E-state index contributed by atoms with van der Waals surface area (Å²) >= 11 is 1.46.